The maximum absolute atomic E-state index is 12.6. The van der Waals surface area contributed by atoms with Crippen LogP contribution in [0.3, 0.4) is 0 Å². The number of nitrogens with zero attached hydrogens (tertiary/aromatic N) is 2. The maximum atomic E-state index is 12.6. The number of benzene rings is 2. The second-order valence-electron chi connectivity index (χ2n) is 4.85. The Morgan fingerprint density at radius 1 is 1.23 bits per heavy atom. The van der Waals surface area contributed by atoms with Crippen LogP contribution in [0, 0.1) is 0 Å². The lowest BCUT2D eigenvalue weighted by molar-refractivity contribution is 0.472. The molecule has 0 unspecified atom stereocenters. The number of hydrogen-bond acceptors (Lipinski definition) is 4. The molecule has 1 N–H and O–H groups in total. The molecule has 22 heavy (non-hydrogen) atoms. The lowest BCUT2D eigenvalue weighted by Crippen LogP contribution is -2.22. The minimum atomic E-state index is -0.0714. The highest BCUT2D eigenvalue weighted by atomic mass is 79.9. The Labute approximate surface area is 137 Å². The number of para-hydroxylation sites is 2. The van der Waals surface area contributed by atoms with Crippen molar-refractivity contribution < 1.29 is 5.11 Å². The van der Waals surface area contributed by atoms with Gasteiger partial charge in [0.25, 0.3) is 5.56 Å². The van der Waals surface area contributed by atoms with Crippen molar-refractivity contribution in [2.45, 2.75) is 0 Å². The second-order valence-corrected chi connectivity index (χ2v) is 6.71. The molecule has 0 saturated heterocycles. The molecular weight excluding hydrogens is 364 g/mol. The van der Waals surface area contributed by atoms with E-state index >= 15 is 0 Å². The summed E-state index contributed by atoms with van der Waals surface area (Å²) in [6.07, 6.45) is 1.81. The average molecular weight is 373 g/mol. The number of phenolic OH excluding ortho intramolecular Hbond substituents is 1. The van der Waals surface area contributed by atoms with Crippen LogP contribution in [0.5, 0.6) is 5.75 Å². The predicted octanol–water partition coefficient (Wildman–Crippen LogP) is 2.93. The van der Waals surface area contributed by atoms with Crippen molar-refractivity contribution >= 4 is 49.3 Å². The molecule has 4 nitrogen and oxygen atoms in total. The van der Waals surface area contributed by atoms with Gasteiger partial charge in [0.2, 0.25) is 0 Å². The zero-order chi connectivity index (χ0) is 15.3. The molecule has 0 aliphatic heterocycles. The first-order valence-corrected chi connectivity index (χ1v) is 8.15. The van der Waals surface area contributed by atoms with E-state index in [2.05, 4.69) is 20.9 Å². The molecule has 4 aromatic rings. The van der Waals surface area contributed by atoms with Crippen molar-refractivity contribution in [2.75, 3.05) is 0 Å². The predicted molar refractivity (Wildman–Crippen MR) is 91.4 cm³/mol. The molecule has 2 aromatic carbocycles. The average Bonchev–Trinajstić information content (AvgIpc) is 3.00. The van der Waals surface area contributed by atoms with Gasteiger partial charge in [0.15, 0.2) is 4.96 Å². The summed E-state index contributed by atoms with van der Waals surface area (Å²) in [5.74, 6) is 0.173. The summed E-state index contributed by atoms with van der Waals surface area (Å²) in [7, 11) is 0. The Morgan fingerprint density at radius 2 is 2.05 bits per heavy atom. The highest BCUT2D eigenvalue weighted by Crippen LogP contribution is 2.24. The topological polar surface area (TPSA) is 54.6 Å². The maximum Gasteiger partial charge on any atom is 0.274 e. The fraction of sp³-hybridized carbons (Fsp3) is 0. The van der Waals surface area contributed by atoms with Crippen molar-refractivity contribution in [3.63, 3.8) is 0 Å². The molecule has 2 aromatic heterocycles. The van der Waals surface area contributed by atoms with Crippen LogP contribution < -0.4 is 10.1 Å². The SMILES string of the molecule is O=c1/c(=C/c2ccc(O)c(Br)c2)sc2nc3ccccc3n12. The molecule has 0 aliphatic rings. The number of aromatic hydroxyl groups is 1. The number of hydrogen-bond donors (Lipinski definition) is 1. The van der Waals surface area contributed by atoms with Gasteiger partial charge in [-0.05, 0) is 51.8 Å². The summed E-state index contributed by atoms with van der Waals surface area (Å²) in [6.45, 7) is 0. The smallest absolute Gasteiger partial charge is 0.274 e. The molecule has 0 spiro atoms. The van der Waals surface area contributed by atoms with E-state index in [0.29, 0.717) is 14.0 Å². The van der Waals surface area contributed by atoms with Gasteiger partial charge in [-0.3, -0.25) is 4.79 Å². The van der Waals surface area contributed by atoms with E-state index in [1.165, 1.54) is 11.3 Å². The van der Waals surface area contributed by atoms with Crippen LogP contribution in [0.2, 0.25) is 0 Å². The molecule has 6 heteroatoms. The Kier molecular flexibility index (Phi) is 3.02. The van der Waals surface area contributed by atoms with E-state index in [0.717, 1.165) is 16.6 Å². The number of thiazole rings is 1. The van der Waals surface area contributed by atoms with Gasteiger partial charge in [-0.25, -0.2) is 9.38 Å². The van der Waals surface area contributed by atoms with Crippen molar-refractivity contribution in [1.82, 2.24) is 9.38 Å². The molecular formula is C16H9BrN2O2S. The lowest BCUT2D eigenvalue weighted by atomic mass is 10.2. The zero-order valence-corrected chi connectivity index (χ0v) is 13.6. The van der Waals surface area contributed by atoms with Gasteiger partial charge in [0, 0.05) is 0 Å². The fourth-order valence-electron chi connectivity index (χ4n) is 2.38. The molecule has 0 saturated carbocycles. The van der Waals surface area contributed by atoms with Crippen molar-refractivity contribution in [3.8, 4) is 5.75 Å². The van der Waals surface area contributed by atoms with E-state index < -0.39 is 0 Å². The molecule has 0 fully saturated rings. The van der Waals surface area contributed by atoms with Crippen molar-refractivity contribution in [3.05, 3.63) is 67.4 Å². The third-order valence-corrected chi connectivity index (χ3v) is 5.02. The number of phenols is 1. The quantitative estimate of drug-likeness (QED) is 0.558. The highest BCUT2D eigenvalue weighted by Gasteiger charge is 2.10. The van der Waals surface area contributed by atoms with Crippen molar-refractivity contribution in [1.29, 1.82) is 0 Å². The van der Waals surface area contributed by atoms with Gasteiger partial charge < -0.3 is 5.11 Å². The summed E-state index contributed by atoms with van der Waals surface area (Å²) >= 11 is 4.64. The first-order chi connectivity index (χ1) is 10.6. The molecule has 108 valence electrons. The molecule has 4 rings (SSSR count). The van der Waals surface area contributed by atoms with Gasteiger partial charge in [-0.1, -0.05) is 29.5 Å². The molecule has 0 amide bonds. The van der Waals surface area contributed by atoms with Gasteiger partial charge >= 0.3 is 0 Å². The van der Waals surface area contributed by atoms with E-state index in [9.17, 15) is 9.90 Å². The standard InChI is InChI=1S/C16H9BrN2O2S/c17-10-7-9(5-6-13(10)20)8-14-15(21)19-12-4-2-1-3-11(12)18-16(19)22-14/h1-8,20H/b14-8-. The van der Waals surface area contributed by atoms with E-state index in [1.807, 2.05) is 24.3 Å². The molecule has 0 aliphatic carbocycles. The first kappa shape index (κ1) is 13.5. The number of fused-ring (bicyclic) bond motifs is 3. The first-order valence-electron chi connectivity index (χ1n) is 6.54. The van der Waals surface area contributed by atoms with Crippen LogP contribution >= 0.6 is 27.3 Å². The number of rotatable bonds is 1. The summed E-state index contributed by atoms with van der Waals surface area (Å²) in [6, 6.07) is 12.7. The van der Waals surface area contributed by atoms with E-state index in [1.54, 1.807) is 28.7 Å². The molecule has 0 radical (unpaired) electrons. The van der Waals surface area contributed by atoms with Crippen LogP contribution in [0.25, 0.3) is 22.1 Å². The Balaban J connectivity index is 1.99. The zero-order valence-electron chi connectivity index (χ0n) is 11.2. The largest absolute Gasteiger partial charge is 0.507 e. The summed E-state index contributed by atoms with van der Waals surface area (Å²) in [5.41, 5.74) is 2.42. The molecule has 0 bridgehead atoms. The van der Waals surface area contributed by atoms with Gasteiger partial charge in [-0.15, -0.1) is 0 Å². The van der Waals surface area contributed by atoms with E-state index in [4.69, 9.17) is 0 Å². The monoisotopic (exact) mass is 372 g/mol. The third-order valence-electron chi connectivity index (χ3n) is 3.41. The Morgan fingerprint density at radius 3 is 2.86 bits per heavy atom. The van der Waals surface area contributed by atoms with Gasteiger partial charge in [0.1, 0.15) is 5.75 Å². The van der Waals surface area contributed by atoms with Gasteiger partial charge in [0.05, 0.1) is 20.0 Å². The van der Waals surface area contributed by atoms with Crippen LogP contribution in [0.1, 0.15) is 5.56 Å². The lowest BCUT2D eigenvalue weighted by Gasteiger charge is -1.97. The second kappa shape index (κ2) is 4.93. The van der Waals surface area contributed by atoms with Crippen LogP contribution in [0.15, 0.2) is 51.7 Å². The van der Waals surface area contributed by atoms with Crippen LogP contribution in [0.4, 0.5) is 0 Å². The van der Waals surface area contributed by atoms with Crippen molar-refractivity contribution in [2.24, 2.45) is 0 Å². The fourth-order valence-corrected chi connectivity index (χ4v) is 3.76. The summed E-state index contributed by atoms with van der Waals surface area (Å²) in [4.78, 5) is 17.8. The Hall–Kier alpha value is -2.18. The summed E-state index contributed by atoms with van der Waals surface area (Å²) < 4.78 is 2.85. The van der Waals surface area contributed by atoms with Crippen LogP contribution in [-0.2, 0) is 0 Å². The Bertz CT molecular complexity index is 1130. The minimum absolute atomic E-state index is 0.0714. The van der Waals surface area contributed by atoms with Crippen LogP contribution in [-0.4, -0.2) is 14.5 Å². The number of imidazole rings is 1. The van der Waals surface area contributed by atoms with E-state index in [-0.39, 0.29) is 11.3 Å². The molecule has 2 heterocycles. The highest BCUT2D eigenvalue weighted by molar-refractivity contribution is 9.10. The molecule has 0 atom stereocenters. The third kappa shape index (κ3) is 2.03. The summed E-state index contributed by atoms with van der Waals surface area (Å²) in [5, 5.41) is 9.53. The number of halogens is 1. The normalized spacial score (nSPS) is 12.5. The number of aromatic nitrogens is 2. The minimum Gasteiger partial charge on any atom is -0.507 e. The van der Waals surface area contributed by atoms with Gasteiger partial charge in [-0.2, -0.15) is 0 Å².